The summed E-state index contributed by atoms with van der Waals surface area (Å²) in [5, 5.41) is 2.92. The summed E-state index contributed by atoms with van der Waals surface area (Å²) in [6, 6.07) is 12.7. The van der Waals surface area contributed by atoms with Crippen LogP contribution >= 0.6 is 15.9 Å². The fourth-order valence-corrected chi connectivity index (χ4v) is 2.67. The van der Waals surface area contributed by atoms with Gasteiger partial charge in [-0.15, -0.1) is 0 Å². The van der Waals surface area contributed by atoms with Crippen LogP contribution in [-0.4, -0.2) is 15.9 Å². The average Bonchev–Trinajstić information content (AvgIpc) is 2.62. The molecule has 2 heterocycles. The number of ether oxygens (including phenoxy) is 1. The quantitative estimate of drug-likeness (QED) is 0.652. The van der Waals surface area contributed by atoms with Crippen molar-refractivity contribution < 1.29 is 9.53 Å². The highest BCUT2D eigenvalue weighted by Gasteiger charge is 2.13. The van der Waals surface area contributed by atoms with Gasteiger partial charge in [-0.1, -0.05) is 6.07 Å². The van der Waals surface area contributed by atoms with Crippen LogP contribution in [-0.2, 0) is 6.54 Å². The first-order chi connectivity index (χ1) is 12.1. The number of pyridine rings is 2. The highest BCUT2D eigenvalue weighted by Crippen LogP contribution is 2.28. The summed E-state index contributed by atoms with van der Waals surface area (Å²) in [6.45, 7) is 2.32. The molecule has 1 N–H and O–H groups in total. The average molecular weight is 398 g/mol. The largest absolute Gasteiger partial charge is 0.457 e. The molecule has 25 heavy (non-hydrogen) atoms. The lowest BCUT2D eigenvalue weighted by Crippen LogP contribution is -2.23. The topological polar surface area (TPSA) is 64.1 Å². The van der Waals surface area contributed by atoms with Crippen molar-refractivity contribution in [3.63, 3.8) is 0 Å². The van der Waals surface area contributed by atoms with Crippen molar-refractivity contribution in [1.82, 2.24) is 15.3 Å². The number of amides is 1. The van der Waals surface area contributed by atoms with E-state index in [1.165, 1.54) is 0 Å². The van der Waals surface area contributed by atoms with Crippen molar-refractivity contribution in [2.24, 2.45) is 0 Å². The number of carbonyl (C=O) groups is 1. The van der Waals surface area contributed by atoms with Crippen molar-refractivity contribution in [2.45, 2.75) is 13.5 Å². The zero-order valence-electron chi connectivity index (χ0n) is 13.6. The number of benzene rings is 1. The molecular formula is C19H16BrN3O2. The van der Waals surface area contributed by atoms with Crippen molar-refractivity contribution in [3.8, 4) is 11.5 Å². The molecule has 0 radical (unpaired) electrons. The molecule has 0 atom stereocenters. The Morgan fingerprint density at radius 3 is 2.72 bits per heavy atom. The Balaban J connectivity index is 1.75. The normalized spacial score (nSPS) is 10.3. The first-order valence-electron chi connectivity index (χ1n) is 7.69. The fraction of sp³-hybridized carbons (Fsp3) is 0.105. The maximum absolute atomic E-state index is 12.5. The van der Waals surface area contributed by atoms with E-state index in [9.17, 15) is 4.79 Å². The summed E-state index contributed by atoms with van der Waals surface area (Å²) in [4.78, 5) is 20.5. The number of nitrogens with zero attached hydrogens (tertiary/aromatic N) is 2. The molecule has 0 fully saturated rings. The van der Waals surface area contributed by atoms with E-state index in [0.29, 0.717) is 28.2 Å². The number of hydrogen-bond donors (Lipinski definition) is 1. The molecule has 0 aliphatic carbocycles. The maximum Gasteiger partial charge on any atom is 0.251 e. The van der Waals surface area contributed by atoms with Crippen LogP contribution in [0.1, 0.15) is 21.5 Å². The molecular weight excluding hydrogens is 382 g/mol. The van der Waals surface area contributed by atoms with Crippen LogP contribution in [0.2, 0.25) is 0 Å². The summed E-state index contributed by atoms with van der Waals surface area (Å²) >= 11 is 3.31. The molecule has 126 valence electrons. The van der Waals surface area contributed by atoms with E-state index < -0.39 is 0 Å². The van der Waals surface area contributed by atoms with E-state index in [-0.39, 0.29) is 5.91 Å². The molecule has 3 rings (SSSR count). The number of halogens is 1. The van der Waals surface area contributed by atoms with Gasteiger partial charge in [-0.25, -0.2) is 4.98 Å². The van der Waals surface area contributed by atoms with Crippen molar-refractivity contribution >= 4 is 21.8 Å². The van der Waals surface area contributed by atoms with Crippen LogP contribution in [0.15, 0.2) is 65.7 Å². The van der Waals surface area contributed by atoms with Gasteiger partial charge in [0.25, 0.3) is 5.91 Å². The van der Waals surface area contributed by atoms with Gasteiger partial charge in [0.15, 0.2) is 0 Å². The van der Waals surface area contributed by atoms with Crippen LogP contribution in [0.4, 0.5) is 0 Å². The third-order valence-corrected chi connectivity index (χ3v) is 4.09. The van der Waals surface area contributed by atoms with Crippen LogP contribution in [0.3, 0.4) is 0 Å². The van der Waals surface area contributed by atoms with Crippen molar-refractivity contribution in [1.29, 1.82) is 0 Å². The maximum atomic E-state index is 12.5. The van der Waals surface area contributed by atoms with Gasteiger partial charge < -0.3 is 10.1 Å². The van der Waals surface area contributed by atoms with Gasteiger partial charge in [0.1, 0.15) is 16.1 Å². The molecule has 2 aromatic heterocycles. The molecule has 0 aliphatic heterocycles. The minimum Gasteiger partial charge on any atom is -0.457 e. The van der Waals surface area contributed by atoms with Crippen LogP contribution in [0.25, 0.3) is 0 Å². The van der Waals surface area contributed by atoms with Gasteiger partial charge in [-0.05, 0) is 58.7 Å². The van der Waals surface area contributed by atoms with Gasteiger partial charge in [0, 0.05) is 42.3 Å². The Morgan fingerprint density at radius 2 is 1.96 bits per heavy atom. The van der Waals surface area contributed by atoms with Crippen molar-refractivity contribution in [3.05, 3.63) is 82.3 Å². The molecule has 0 aliphatic rings. The molecule has 1 amide bonds. The van der Waals surface area contributed by atoms with Crippen LogP contribution in [0.5, 0.6) is 11.5 Å². The Kier molecular flexibility index (Phi) is 5.40. The second-order valence-corrected chi connectivity index (χ2v) is 6.20. The summed E-state index contributed by atoms with van der Waals surface area (Å²) in [5.41, 5.74) is 2.36. The third-order valence-electron chi connectivity index (χ3n) is 3.66. The second kappa shape index (κ2) is 7.90. The fourth-order valence-electron chi connectivity index (χ4n) is 2.32. The summed E-state index contributed by atoms with van der Waals surface area (Å²) in [6.07, 6.45) is 5.06. The summed E-state index contributed by atoms with van der Waals surface area (Å²) < 4.78 is 6.57. The highest BCUT2D eigenvalue weighted by atomic mass is 79.9. The lowest BCUT2D eigenvalue weighted by molar-refractivity contribution is 0.0950. The van der Waals surface area contributed by atoms with Gasteiger partial charge in [0.2, 0.25) is 0 Å². The minimum atomic E-state index is -0.143. The predicted molar refractivity (Wildman–Crippen MR) is 98.6 cm³/mol. The Hall–Kier alpha value is -2.73. The van der Waals surface area contributed by atoms with Crippen LogP contribution < -0.4 is 10.1 Å². The lowest BCUT2D eigenvalue weighted by Gasteiger charge is -2.13. The van der Waals surface area contributed by atoms with E-state index in [2.05, 4.69) is 31.2 Å². The van der Waals surface area contributed by atoms with Crippen LogP contribution in [0, 0.1) is 6.92 Å². The number of aromatic nitrogens is 2. The first kappa shape index (κ1) is 17.1. The van der Waals surface area contributed by atoms with Crippen molar-refractivity contribution in [2.75, 3.05) is 0 Å². The SMILES string of the molecule is Cc1c(Oc2ccnc(Br)c2)cccc1C(=O)NCc1ccncc1. The monoisotopic (exact) mass is 397 g/mol. The van der Waals surface area contributed by atoms with E-state index >= 15 is 0 Å². The minimum absolute atomic E-state index is 0.143. The Labute approximate surface area is 154 Å². The zero-order valence-corrected chi connectivity index (χ0v) is 15.2. The van der Waals surface area contributed by atoms with Gasteiger partial charge in [-0.3, -0.25) is 9.78 Å². The molecule has 5 nitrogen and oxygen atoms in total. The summed E-state index contributed by atoms with van der Waals surface area (Å²) in [7, 11) is 0. The molecule has 0 unspecified atom stereocenters. The standard InChI is InChI=1S/C19H16BrN3O2/c1-13-16(19(24)23-12-14-5-8-21-9-6-14)3-2-4-17(13)25-15-7-10-22-18(20)11-15/h2-11H,12H2,1H3,(H,23,24). The van der Waals surface area contributed by atoms with Gasteiger partial charge >= 0.3 is 0 Å². The molecule has 0 saturated heterocycles. The predicted octanol–water partition coefficient (Wildman–Crippen LogP) is 4.27. The van der Waals surface area contributed by atoms with Gasteiger partial charge in [-0.2, -0.15) is 0 Å². The third kappa shape index (κ3) is 4.42. The Bertz CT molecular complexity index is 885. The second-order valence-electron chi connectivity index (χ2n) is 5.38. The number of nitrogens with one attached hydrogen (secondary N) is 1. The number of rotatable bonds is 5. The van der Waals surface area contributed by atoms with E-state index in [1.807, 2.05) is 25.1 Å². The molecule has 0 saturated carbocycles. The van der Waals surface area contributed by atoms with E-state index in [0.717, 1.165) is 11.1 Å². The van der Waals surface area contributed by atoms with E-state index in [4.69, 9.17) is 4.74 Å². The molecule has 0 spiro atoms. The molecule has 3 aromatic rings. The Morgan fingerprint density at radius 1 is 1.16 bits per heavy atom. The zero-order chi connectivity index (χ0) is 17.6. The van der Waals surface area contributed by atoms with E-state index in [1.54, 1.807) is 42.9 Å². The first-order valence-corrected chi connectivity index (χ1v) is 8.49. The van der Waals surface area contributed by atoms with Gasteiger partial charge in [0.05, 0.1) is 0 Å². The number of carbonyl (C=O) groups excluding carboxylic acids is 1. The lowest BCUT2D eigenvalue weighted by atomic mass is 10.1. The summed E-state index contributed by atoms with van der Waals surface area (Å²) in [5.74, 6) is 1.14. The molecule has 6 heteroatoms. The smallest absolute Gasteiger partial charge is 0.251 e. The number of hydrogen-bond acceptors (Lipinski definition) is 4. The molecule has 0 bridgehead atoms. The molecule has 1 aromatic carbocycles. The highest BCUT2D eigenvalue weighted by molar-refractivity contribution is 9.10.